The van der Waals surface area contributed by atoms with Gasteiger partial charge in [-0.3, -0.25) is 4.79 Å². The molecular formula is C14H17F2NO3S. The molecule has 1 saturated heterocycles. The molecule has 1 aromatic carbocycles. The molecule has 0 saturated carbocycles. The highest BCUT2D eigenvalue weighted by Gasteiger charge is 2.35. The normalized spacial score (nSPS) is 22.0. The molecule has 1 aliphatic rings. The maximum atomic E-state index is 13.2. The van der Waals surface area contributed by atoms with E-state index in [0.717, 1.165) is 12.1 Å². The van der Waals surface area contributed by atoms with E-state index in [2.05, 4.69) is 0 Å². The van der Waals surface area contributed by atoms with Gasteiger partial charge in [-0.05, 0) is 31.0 Å². The highest BCUT2D eigenvalue weighted by molar-refractivity contribution is 7.91. The molecule has 0 spiro atoms. The van der Waals surface area contributed by atoms with Crippen LogP contribution in [0.25, 0.3) is 0 Å². The maximum Gasteiger partial charge on any atom is 0.226 e. The average Bonchev–Trinajstić information content (AvgIpc) is 2.79. The maximum absolute atomic E-state index is 13.2. The van der Waals surface area contributed by atoms with Crippen LogP contribution in [-0.2, 0) is 14.6 Å². The number of amides is 1. The zero-order valence-electron chi connectivity index (χ0n) is 11.8. The molecule has 2 unspecified atom stereocenters. The third kappa shape index (κ3) is 3.40. The number of hydrogen-bond acceptors (Lipinski definition) is 3. The van der Waals surface area contributed by atoms with Crippen LogP contribution < -0.4 is 0 Å². The van der Waals surface area contributed by atoms with Crippen molar-refractivity contribution in [3.63, 3.8) is 0 Å². The van der Waals surface area contributed by atoms with E-state index in [9.17, 15) is 22.0 Å². The summed E-state index contributed by atoms with van der Waals surface area (Å²) < 4.78 is 49.0. The van der Waals surface area contributed by atoms with Gasteiger partial charge >= 0.3 is 0 Å². The van der Waals surface area contributed by atoms with Gasteiger partial charge in [0.1, 0.15) is 0 Å². The number of halogens is 2. The molecule has 1 aliphatic heterocycles. The quantitative estimate of drug-likeness (QED) is 0.856. The smallest absolute Gasteiger partial charge is 0.226 e. The first-order chi connectivity index (χ1) is 9.71. The van der Waals surface area contributed by atoms with E-state index in [1.54, 1.807) is 14.0 Å². The van der Waals surface area contributed by atoms with Crippen LogP contribution in [-0.4, -0.2) is 37.8 Å². The van der Waals surface area contributed by atoms with Gasteiger partial charge in [0.15, 0.2) is 21.5 Å². The number of benzene rings is 1. The van der Waals surface area contributed by atoms with Crippen molar-refractivity contribution in [1.29, 1.82) is 0 Å². The van der Waals surface area contributed by atoms with Gasteiger partial charge in [0.05, 0.1) is 23.5 Å². The van der Waals surface area contributed by atoms with Crippen molar-refractivity contribution in [2.75, 3.05) is 18.6 Å². The third-order valence-corrected chi connectivity index (χ3v) is 5.70. The van der Waals surface area contributed by atoms with E-state index in [-0.39, 0.29) is 17.4 Å². The summed E-state index contributed by atoms with van der Waals surface area (Å²) in [6.07, 6.45) is 0.315. The minimum Gasteiger partial charge on any atom is -0.339 e. The Labute approximate surface area is 122 Å². The fourth-order valence-corrected chi connectivity index (χ4v) is 4.20. The second-order valence-electron chi connectivity index (χ2n) is 5.40. The first kappa shape index (κ1) is 15.9. The van der Waals surface area contributed by atoms with Crippen molar-refractivity contribution < 1.29 is 22.0 Å². The monoisotopic (exact) mass is 317 g/mol. The van der Waals surface area contributed by atoms with E-state index in [4.69, 9.17) is 0 Å². The summed E-state index contributed by atoms with van der Waals surface area (Å²) in [5.74, 6) is -2.86. The summed E-state index contributed by atoms with van der Waals surface area (Å²) in [5.41, 5.74) is 0.464. The van der Waals surface area contributed by atoms with Gasteiger partial charge in [-0.1, -0.05) is 6.07 Å². The Bertz CT molecular complexity index is 660. The van der Waals surface area contributed by atoms with Crippen LogP contribution in [0.2, 0.25) is 0 Å². The van der Waals surface area contributed by atoms with Crippen LogP contribution in [0.5, 0.6) is 0 Å². The Morgan fingerprint density at radius 3 is 2.52 bits per heavy atom. The Morgan fingerprint density at radius 1 is 1.33 bits per heavy atom. The summed E-state index contributed by atoms with van der Waals surface area (Å²) in [6, 6.07) is 3.02. The third-order valence-electron chi connectivity index (χ3n) is 3.94. The van der Waals surface area contributed by atoms with E-state index in [0.29, 0.717) is 12.0 Å². The molecule has 7 heteroatoms. The van der Waals surface area contributed by atoms with E-state index < -0.39 is 33.4 Å². The number of sulfone groups is 1. The zero-order valence-corrected chi connectivity index (χ0v) is 12.7. The van der Waals surface area contributed by atoms with E-state index in [1.807, 2.05) is 0 Å². The average molecular weight is 317 g/mol. The number of rotatable bonds is 3. The highest BCUT2D eigenvalue weighted by atomic mass is 32.2. The lowest BCUT2D eigenvalue weighted by Gasteiger charge is -2.27. The minimum atomic E-state index is -3.13. The van der Waals surface area contributed by atoms with Crippen LogP contribution in [0.1, 0.15) is 24.9 Å². The summed E-state index contributed by atoms with van der Waals surface area (Å²) in [5, 5.41) is 0. The van der Waals surface area contributed by atoms with E-state index in [1.165, 1.54) is 11.0 Å². The Balaban J connectivity index is 2.13. The van der Waals surface area contributed by atoms with Gasteiger partial charge in [-0.2, -0.15) is 0 Å². The van der Waals surface area contributed by atoms with Gasteiger partial charge in [-0.15, -0.1) is 0 Å². The van der Waals surface area contributed by atoms with Crippen molar-refractivity contribution in [3.8, 4) is 0 Å². The molecule has 2 rings (SSSR count). The fourth-order valence-electron chi connectivity index (χ4n) is 2.46. The number of nitrogens with zero attached hydrogens (tertiary/aromatic N) is 1. The molecule has 21 heavy (non-hydrogen) atoms. The van der Waals surface area contributed by atoms with Crippen LogP contribution in [0, 0.1) is 17.6 Å². The molecule has 0 radical (unpaired) electrons. The van der Waals surface area contributed by atoms with E-state index >= 15 is 0 Å². The van der Waals surface area contributed by atoms with Gasteiger partial charge in [0.2, 0.25) is 5.91 Å². The summed E-state index contributed by atoms with van der Waals surface area (Å²) in [7, 11) is -1.59. The summed E-state index contributed by atoms with van der Waals surface area (Å²) >= 11 is 0. The lowest BCUT2D eigenvalue weighted by molar-refractivity contribution is -0.135. The SMILES string of the molecule is CC(c1ccc(F)c(F)c1)N(C)C(=O)C1CCS(=O)(=O)C1. The largest absolute Gasteiger partial charge is 0.339 e. The lowest BCUT2D eigenvalue weighted by atomic mass is 10.0. The second kappa shape index (κ2) is 5.71. The Hall–Kier alpha value is -1.50. The van der Waals surface area contributed by atoms with Crippen LogP contribution in [0.4, 0.5) is 8.78 Å². The van der Waals surface area contributed by atoms with Crippen LogP contribution in [0.15, 0.2) is 18.2 Å². The van der Waals surface area contributed by atoms with Crippen molar-refractivity contribution >= 4 is 15.7 Å². The molecule has 0 bridgehead atoms. The molecule has 0 aromatic heterocycles. The molecule has 1 amide bonds. The highest BCUT2D eigenvalue weighted by Crippen LogP contribution is 2.26. The predicted molar refractivity (Wildman–Crippen MR) is 74.3 cm³/mol. The van der Waals surface area contributed by atoms with Crippen LogP contribution >= 0.6 is 0 Å². The van der Waals surface area contributed by atoms with Gasteiger partial charge in [0.25, 0.3) is 0 Å². The Morgan fingerprint density at radius 2 is 2.00 bits per heavy atom. The molecule has 1 aromatic rings. The molecular weight excluding hydrogens is 300 g/mol. The molecule has 0 aliphatic carbocycles. The summed E-state index contributed by atoms with van der Waals surface area (Å²) in [6.45, 7) is 1.69. The standard InChI is InChI=1S/C14H17F2NO3S/c1-9(10-3-4-12(15)13(16)7-10)17(2)14(18)11-5-6-21(19,20)8-11/h3-4,7,9,11H,5-6,8H2,1-2H3. The second-order valence-corrected chi connectivity index (χ2v) is 7.63. The first-order valence-electron chi connectivity index (χ1n) is 6.63. The molecule has 2 atom stereocenters. The number of carbonyl (C=O) groups excluding carboxylic acids is 1. The molecule has 0 N–H and O–H groups in total. The van der Waals surface area contributed by atoms with Crippen molar-refractivity contribution in [1.82, 2.24) is 4.90 Å². The molecule has 1 fully saturated rings. The minimum absolute atomic E-state index is 0.0246. The lowest BCUT2D eigenvalue weighted by Crippen LogP contribution is -2.35. The van der Waals surface area contributed by atoms with Crippen molar-refractivity contribution in [2.45, 2.75) is 19.4 Å². The zero-order chi connectivity index (χ0) is 15.8. The first-order valence-corrected chi connectivity index (χ1v) is 8.45. The predicted octanol–water partition coefficient (Wildman–Crippen LogP) is 1.92. The summed E-state index contributed by atoms with van der Waals surface area (Å²) in [4.78, 5) is 13.7. The van der Waals surface area contributed by atoms with Gasteiger partial charge in [0, 0.05) is 7.05 Å². The Kier molecular flexibility index (Phi) is 4.32. The van der Waals surface area contributed by atoms with Gasteiger partial charge < -0.3 is 4.90 Å². The fraction of sp³-hybridized carbons (Fsp3) is 0.500. The molecule has 116 valence electrons. The number of hydrogen-bond donors (Lipinski definition) is 0. The van der Waals surface area contributed by atoms with Gasteiger partial charge in [-0.25, -0.2) is 17.2 Å². The topological polar surface area (TPSA) is 54.5 Å². The number of carbonyl (C=O) groups is 1. The van der Waals surface area contributed by atoms with Crippen molar-refractivity contribution in [2.24, 2.45) is 5.92 Å². The molecule has 1 heterocycles. The molecule has 4 nitrogen and oxygen atoms in total. The van der Waals surface area contributed by atoms with Crippen LogP contribution in [0.3, 0.4) is 0 Å². The van der Waals surface area contributed by atoms with Crippen molar-refractivity contribution in [3.05, 3.63) is 35.4 Å².